The van der Waals surface area contributed by atoms with Crippen molar-refractivity contribution < 1.29 is 131 Å². The van der Waals surface area contributed by atoms with Crippen LogP contribution in [0.3, 0.4) is 0 Å². The van der Waals surface area contributed by atoms with Gasteiger partial charge in [0.05, 0.1) is 0 Å². The Hall–Kier alpha value is 3.49. The molecule has 11 heavy (non-hydrogen) atoms. The Labute approximate surface area is 165 Å². The molecule has 0 aliphatic carbocycles. The number of ether oxygens (including phenoxy) is 1. The minimum atomic E-state index is -1.07. The fourth-order valence-corrected chi connectivity index (χ4v) is 1.03. The molecular formula is C6H10O3Rb2. The zero-order chi connectivity index (χ0) is 7.02. The van der Waals surface area contributed by atoms with Crippen LogP contribution in [0.4, 0.5) is 0 Å². The Kier molecular flexibility index (Phi) is 11.9. The molecule has 1 aliphatic heterocycles. The topological polar surface area (TPSA) is 55.3 Å². The Balaban J connectivity index is 0. The van der Waals surface area contributed by atoms with Gasteiger partial charge < -0.3 is 14.9 Å². The van der Waals surface area contributed by atoms with Gasteiger partial charge in [0.2, 0.25) is 0 Å². The van der Waals surface area contributed by atoms with Crippen LogP contribution in [0.1, 0.15) is 13.8 Å². The molecular weight excluding hydrogens is 291 g/mol. The molecule has 4 unspecified atom stereocenters. The molecule has 0 spiro atoms. The van der Waals surface area contributed by atoms with Gasteiger partial charge in [-0.1, -0.05) is 0 Å². The summed E-state index contributed by atoms with van der Waals surface area (Å²) in [6.07, 6.45) is -2.94. The van der Waals surface area contributed by atoms with Crippen LogP contribution in [-0.4, -0.2) is 24.4 Å². The molecule has 0 N–H and O–H groups in total. The van der Waals surface area contributed by atoms with Crippen LogP contribution < -0.4 is 127 Å². The zero-order valence-corrected chi connectivity index (χ0v) is 17.4. The average Bonchev–Trinajstić information content (AvgIpc) is 1.98. The Morgan fingerprint density at radius 2 is 1.18 bits per heavy atom. The van der Waals surface area contributed by atoms with Gasteiger partial charge in [-0.15, -0.1) is 12.2 Å². The van der Waals surface area contributed by atoms with Crippen LogP contribution in [-0.2, 0) is 4.74 Å². The molecule has 4 atom stereocenters. The third-order valence-corrected chi connectivity index (χ3v) is 1.68. The molecule has 1 heterocycles. The van der Waals surface area contributed by atoms with E-state index in [4.69, 9.17) is 4.74 Å². The molecule has 0 bridgehead atoms. The maximum atomic E-state index is 10.8. The zero-order valence-electron chi connectivity index (χ0n) is 7.53. The molecule has 0 saturated carbocycles. The predicted octanol–water partition coefficient (Wildman–Crippen LogP) is -7.74. The SMILES string of the molecule is CC1OC(C)C([O-])C1[O-].[Rb+].[Rb+]. The number of hydrogen-bond donors (Lipinski definition) is 0. The van der Waals surface area contributed by atoms with Crippen LogP contribution in [0.5, 0.6) is 0 Å². The minimum absolute atomic E-state index is 0. The summed E-state index contributed by atoms with van der Waals surface area (Å²) in [5.41, 5.74) is 0. The molecule has 0 radical (unpaired) electrons. The molecule has 5 heteroatoms. The van der Waals surface area contributed by atoms with E-state index in [1.807, 2.05) is 0 Å². The third kappa shape index (κ3) is 4.69. The summed E-state index contributed by atoms with van der Waals surface area (Å²) in [5.74, 6) is 0. The second-order valence-corrected chi connectivity index (χ2v) is 2.48. The summed E-state index contributed by atoms with van der Waals surface area (Å²) in [4.78, 5) is 0. The molecule has 1 rings (SSSR count). The van der Waals surface area contributed by atoms with Gasteiger partial charge in [-0.05, 0) is 13.8 Å². The molecule has 54 valence electrons. The van der Waals surface area contributed by atoms with Crippen LogP contribution in [0.15, 0.2) is 0 Å². The first kappa shape index (κ1) is 16.9. The Bertz CT molecular complexity index is 100. The van der Waals surface area contributed by atoms with Crippen molar-refractivity contribution in [2.75, 3.05) is 0 Å². The van der Waals surface area contributed by atoms with E-state index in [0.29, 0.717) is 0 Å². The summed E-state index contributed by atoms with van der Waals surface area (Å²) in [6.45, 7) is 3.29. The van der Waals surface area contributed by atoms with Crippen molar-refractivity contribution in [3.05, 3.63) is 0 Å². The first-order valence-electron chi connectivity index (χ1n) is 3.10. The van der Waals surface area contributed by atoms with E-state index in [1.54, 1.807) is 13.8 Å². The van der Waals surface area contributed by atoms with Gasteiger partial charge in [0.1, 0.15) is 0 Å². The number of rotatable bonds is 0. The van der Waals surface area contributed by atoms with Crippen molar-refractivity contribution in [2.45, 2.75) is 38.3 Å². The van der Waals surface area contributed by atoms with E-state index >= 15 is 0 Å². The normalized spacial score (nSPS) is 42.5. The summed E-state index contributed by atoms with van der Waals surface area (Å²) in [6, 6.07) is 0. The van der Waals surface area contributed by atoms with Gasteiger partial charge in [-0.3, -0.25) is 0 Å². The second-order valence-electron chi connectivity index (χ2n) is 2.48. The van der Waals surface area contributed by atoms with E-state index in [9.17, 15) is 10.2 Å². The molecule has 0 aromatic rings. The Morgan fingerprint density at radius 3 is 1.27 bits per heavy atom. The average molecular weight is 301 g/mol. The van der Waals surface area contributed by atoms with Crippen LogP contribution in [0.25, 0.3) is 0 Å². The van der Waals surface area contributed by atoms with Crippen molar-refractivity contribution >= 4 is 0 Å². The standard InChI is InChI=1S/C6H10O3.2Rb/c1-3-5(7)6(8)4(2)9-3;;/h3-6H,1-2H3;;/q-2;2*+1. The van der Waals surface area contributed by atoms with Gasteiger partial charge in [0.15, 0.2) is 0 Å². The molecule has 1 fully saturated rings. The summed E-state index contributed by atoms with van der Waals surface area (Å²) in [5, 5.41) is 21.5. The van der Waals surface area contributed by atoms with Gasteiger partial charge >= 0.3 is 116 Å². The van der Waals surface area contributed by atoms with Crippen molar-refractivity contribution in [3.8, 4) is 0 Å². The van der Waals surface area contributed by atoms with Gasteiger partial charge in [-0.2, -0.15) is 0 Å². The van der Waals surface area contributed by atoms with Crippen LogP contribution >= 0.6 is 0 Å². The van der Waals surface area contributed by atoms with Crippen LogP contribution in [0, 0.1) is 0 Å². The fraction of sp³-hybridized carbons (Fsp3) is 1.00. The molecule has 1 aliphatic rings. The van der Waals surface area contributed by atoms with E-state index in [1.165, 1.54) is 0 Å². The van der Waals surface area contributed by atoms with Gasteiger partial charge in [-0.25, -0.2) is 0 Å². The molecule has 0 amide bonds. The van der Waals surface area contributed by atoms with Crippen molar-refractivity contribution in [1.82, 2.24) is 0 Å². The summed E-state index contributed by atoms with van der Waals surface area (Å²) < 4.78 is 4.96. The fourth-order valence-electron chi connectivity index (χ4n) is 1.03. The molecule has 0 aromatic heterocycles. The van der Waals surface area contributed by atoms with Gasteiger partial charge in [0, 0.05) is 12.2 Å². The third-order valence-electron chi connectivity index (χ3n) is 1.68. The summed E-state index contributed by atoms with van der Waals surface area (Å²) in [7, 11) is 0. The van der Waals surface area contributed by atoms with E-state index in [0.717, 1.165) is 0 Å². The van der Waals surface area contributed by atoms with Crippen molar-refractivity contribution in [2.24, 2.45) is 0 Å². The van der Waals surface area contributed by atoms with Crippen LogP contribution in [0.2, 0.25) is 0 Å². The van der Waals surface area contributed by atoms with E-state index < -0.39 is 24.4 Å². The smallest absolute Gasteiger partial charge is 0.851 e. The Morgan fingerprint density at radius 1 is 0.909 bits per heavy atom. The number of hydrogen-bond acceptors (Lipinski definition) is 3. The molecule has 0 aromatic carbocycles. The van der Waals surface area contributed by atoms with Crippen molar-refractivity contribution in [1.29, 1.82) is 0 Å². The summed E-state index contributed by atoms with van der Waals surface area (Å²) >= 11 is 0. The maximum absolute atomic E-state index is 10.8. The maximum Gasteiger partial charge on any atom is 1.00 e. The van der Waals surface area contributed by atoms with Gasteiger partial charge in [0.25, 0.3) is 0 Å². The first-order valence-corrected chi connectivity index (χ1v) is 3.10. The largest absolute Gasteiger partial charge is 1.00 e. The van der Waals surface area contributed by atoms with Crippen molar-refractivity contribution in [3.63, 3.8) is 0 Å². The first-order chi connectivity index (χ1) is 4.13. The second kappa shape index (κ2) is 7.74. The van der Waals surface area contributed by atoms with E-state index in [2.05, 4.69) is 0 Å². The molecule has 3 nitrogen and oxygen atoms in total. The van der Waals surface area contributed by atoms with E-state index in [-0.39, 0.29) is 116 Å². The predicted molar refractivity (Wildman–Crippen MR) is 27.6 cm³/mol. The molecule has 1 saturated heterocycles. The monoisotopic (exact) mass is 300 g/mol. The minimum Gasteiger partial charge on any atom is -0.851 e. The quantitative estimate of drug-likeness (QED) is 0.447.